The van der Waals surface area contributed by atoms with E-state index in [0.29, 0.717) is 22.6 Å². The van der Waals surface area contributed by atoms with E-state index in [1.165, 1.54) is 36.3 Å². The minimum atomic E-state index is -0.907. The molecule has 3 aromatic carbocycles. The van der Waals surface area contributed by atoms with Gasteiger partial charge in [-0.15, -0.1) is 0 Å². The van der Waals surface area contributed by atoms with Crippen LogP contribution >= 0.6 is 0 Å². The number of halogens is 1. The highest BCUT2D eigenvalue weighted by molar-refractivity contribution is 6.51. The maximum atomic E-state index is 13.6. The van der Waals surface area contributed by atoms with E-state index in [1.807, 2.05) is 19.1 Å². The van der Waals surface area contributed by atoms with Gasteiger partial charge in [-0.1, -0.05) is 42.0 Å². The summed E-state index contributed by atoms with van der Waals surface area (Å²) >= 11 is 0. The van der Waals surface area contributed by atoms with Crippen molar-refractivity contribution in [2.75, 3.05) is 12.0 Å². The predicted molar refractivity (Wildman–Crippen MR) is 115 cm³/mol. The molecule has 0 saturated carbocycles. The summed E-state index contributed by atoms with van der Waals surface area (Å²) in [5, 5.41) is 11.0. The smallest absolute Gasteiger partial charge is 0.300 e. The van der Waals surface area contributed by atoms with Gasteiger partial charge >= 0.3 is 0 Å². The van der Waals surface area contributed by atoms with Gasteiger partial charge in [0.15, 0.2) is 0 Å². The number of anilines is 1. The topological polar surface area (TPSA) is 66.8 Å². The lowest BCUT2D eigenvalue weighted by Crippen LogP contribution is -2.29. The molecular formula is C25H20FNO4. The number of hydrogen-bond donors (Lipinski definition) is 1. The van der Waals surface area contributed by atoms with Gasteiger partial charge < -0.3 is 9.84 Å². The summed E-state index contributed by atoms with van der Waals surface area (Å²) in [6.07, 6.45) is 0. The number of aryl methyl sites for hydroxylation is 1. The number of rotatable bonds is 4. The van der Waals surface area contributed by atoms with Crippen molar-refractivity contribution in [3.63, 3.8) is 0 Å². The van der Waals surface area contributed by atoms with Gasteiger partial charge in [-0.2, -0.15) is 0 Å². The normalized spacial score (nSPS) is 17.8. The van der Waals surface area contributed by atoms with Gasteiger partial charge in [0.25, 0.3) is 11.7 Å². The molecule has 1 N–H and O–H groups in total. The number of methoxy groups -OCH3 is 1. The van der Waals surface area contributed by atoms with Crippen LogP contribution in [0, 0.1) is 12.7 Å². The van der Waals surface area contributed by atoms with Crippen molar-refractivity contribution in [2.45, 2.75) is 13.0 Å². The van der Waals surface area contributed by atoms with E-state index in [-0.39, 0.29) is 11.3 Å². The van der Waals surface area contributed by atoms with Gasteiger partial charge in [-0.05, 0) is 48.9 Å². The molecular weight excluding hydrogens is 397 g/mol. The Morgan fingerprint density at radius 1 is 0.935 bits per heavy atom. The molecule has 1 aliphatic heterocycles. The minimum absolute atomic E-state index is 0.0451. The van der Waals surface area contributed by atoms with Crippen molar-refractivity contribution < 1.29 is 23.8 Å². The van der Waals surface area contributed by atoms with E-state index in [4.69, 9.17) is 4.74 Å². The van der Waals surface area contributed by atoms with Crippen molar-refractivity contribution >= 4 is 23.1 Å². The van der Waals surface area contributed by atoms with Crippen LogP contribution in [0.1, 0.15) is 22.7 Å². The van der Waals surface area contributed by atoms with Crippen LogP contribution in [0.2, 0.25) is 0 Å². The average molecular weight is 417 g/mol. The summed E-state index contributed by atoms with van der Waals surface area (Å²) in [6.45, 7) is 1.91. The molecule has 0 bridgehead atoms. The van der Waals surface area contributed by atoms with Gasteiger partial charge in [0, 0.05) is 11.3 Å². The molecule has 1 unspecified atom stereocenters. The minimum Gasteiger partial charge on any atom is -0.507 e. The first-order valence-electron chi connectivity index (χ1n) is 9.68. The van der Waals surface area contributed by atoms with E-state index in [1.54, 1.807) is 36.4 Å². The molecule has 0 spiro atoms. The largest absolute Gasteiger partial charge is 0.507 e. The Morgan fingerprint density at radius 2 is 1.55 bits per heavy atom. The number of ketones is 1. The number of aliphatic hydroxyl groups excluding tert-OH is 1. The lowest BCUT2D eigenvalue weighted by atomic mass is 9.95. The fourth-order valence-corrected chi connectivity index (χ4v) is 3.67. The Morgan fingerprint density at radius 3 is 2.13 bits per heavy atom. The first-order valence-corrected chi connectivity index (χ1v) is 9.68. The van der Waals surface area contributed by atoms with Gasteiger partial charge in [-0.25, -0.2) is 4.39 Å². The van der Waals surface area contributed by atoms with E-state index in [9.17, 15) is 19.1 Å². The number of nitrogens with zero attached hydrogens (tertiary/aromatic N) is 1. The van der Waals surface area contributed by atoms with Crippen LogP contribution in [0.3, 0.4) is 0 Å². The molecule has 156 valence electrons. The quantitative estimate of drug-likeness (QED) is 0.377. The number of carbonyl (C=O) groups is 2. The molecule has 0 aromatic heterocycles. The Labute approximate surface area is 179 Å². The number of Topliss-reactive ketones (excluding diaryl/α,β-unsaturated/α-hetero) is 1. The summed E-state index contributed by atoms with van der Waals surface area (Å²) < 4.78 is 18.7. The predicted octanol–water partition coefficient (Wildman–Crippen LogP) is 4.77. The summed E-state index contributed by atoms with van der Waals surface area (Å²) in [5.41, 5.74) is 2.33. The summed E-state index contributed by atoms with van der Waals surface area (Å²) in [4.78, 5) is 27.4. The van der Waals surface area contributed by atoms with Crippen molar-refractivity contribution in [3.8, 4) is 5.75 Å². The molecule has 1 heterocycles. The SMILES string of the molecule is COc1ccc(N2C(=O)C(=O)/C(=C(/O)c3ccc(C)cc3)C2c2ccc(F)cc2)cc1. The highest BCUT2D eigenvalue weighted by Crippen LogP contribution is 2.42. The number of ether oxygens (including phenoxy) is 1. The van der Waals surface area contributed by atoms with Crippen LogP contribution in [0.4, 0.5) is 10.1 Å². The Bertz CT molecular complexity index is 1170. The van der Waals surface area contributed by atoms with Crippen molar-refractivity contribution in [1.29, 1.82) is 0 Å². The van der Waals surface area contributed by atoms with E-state index >= 15 is 0 Å². The zero-order chi connectivity index (χ0) is 22.1. The molecule has 4 rings (SSSR count). The second-order valence-electron chi connectivity index (χ2n) is 7.28. The number of hydrogen-bond acceptors (Lipinski definition) is 4. The Balaban J connectivity index is 1.91. The van der Waals surface area contributed by atoms with Gasteiger partial charge in [-0.3, -0.25) is 14.5 Å². The Hall–Kier alpha value is -3.93. The van der Waals surface area contributed by atoms with Crippen molar-refractivity contribution in [2.24, 2.45) is 0 Å². The van der Waals surface area contributed by atoms with Crippen LogP contribution in [-0.4, -0.2) is 23.9 Å². The van der Waals surface area contributed by atoms with Crippen LogP contribution in [-0.2, 0) is 9.59 Å². The van der Waals surface area contributed by atoms with Gasteiger partial charge in [0.05, 0.1) is 18.7 Å². The molecule has 1 saturated heterocycles. The fraction of sp³-hybridized carbons (Fsp3) is 0.120. The average Bonchev–Trinajstić information content (AvgIpc) is 3.05. The monoisotopic (exact) mass is 417 g/mol. The highest BCUT2D eigenvalue weighted by Gasteiger charge is 2.46. The van der Waals surface area contributed by atoms with Gasteiger partial charge in [0.1, 0.15) is 17.3 Å². The maximum absolute atomic E-state index is 13.6. The van der Waals surface area contributed by atoms with Crippen LogP contribution in [0.15, 0.2) is 78.4 Å². The third-order valence-electron chi connectivity index (χ3n) is 5.31. The summed E-state index contributed by atoms with van der Waals surface area (Å²) in [7, 11) is 1.53. The van der Waals surface area contributed by atoms with E-state index in [0.717, 1.165) is 5.56 Å². The number of aliphatic hydroxyl groups is 1. The van der Waals surface area contributed by atoms with Crippen molar-refractivity contribution in [3.05, 3.63) is 101 Å². The molecule has 1 atom stereocenters. The second-order valence-corrected chi connectivity index (χ2v) is 7.28. The molecule has 3 aromatic rings. The third-order valence-corrected chi connectivity index (χ3v) is 5.31. The van der Waals surface area contributed by atoms with Crippen LogP contribution in [0.5, 0.6) is 5.75 Å². The first-order chi connectivity index (χ1) is 14.9. The molecule has 1 aliphatic rings. The molecule has 5 nitrogen and oxygen atoms in total. The summed E-state index contributed by atoms with van der Waals surface area (Å²) in [6, 6.07) is 18.3. The highest BCUT2D eigenvalue weighted by atomic mass is 19.1. The number of amides is 1. The molecule has 1 amide bonds. The summed E-state index contributed by atoms with van der Waals surface area (Å²) in [5.74, 6) is -1.69. The van der Waals surface area contributed by atoms with Crippen LogP contribution < -0.4 is 9.64 Å². The Kier molecular flexibility index (Phi) is 5.29. The second kappa shape index (κ2) is 8.07. The maximum Gasteiger partial charge on any atom is 0.300 e. The lowest BCUT2D eigenvalue weighted by Gasteiger charge is -2.25. The number of benzene rings is 3. The lowest BCUT2D eigenvalue weighted by molar-refractivity contribution is -0.132. The fourth-order valence-electron chi connectivity index (χ4n) is 3.67. The molecule has 6 heteroatoms. The zero-order valence-corrected chi connectivity index (χ0v) is 17.0. The van der Waals surface area contributed by atoms with E-state index < -0.39 is 23.5 Å². The first kappa shape index (κ1) is 20.3. The van der Waals surface area contributed by atoms with Crippen LogP contribution in [0.25, 0.3) is 5.76 Å². The van der Waals surface area contributed by atoms with Gasteiger partial charge in [0.2, 0.25) is 0 Å². The number of carbonyl (C=O) groups excluding carboxylic acids is 2. The van der Waals surface area contributed by atoms with Crippen molar-refractivity contribution in [1.82, 2.24) is 0 Å². The molecule has 0 radical (unpaired) electrons. The standard InChI is InChI=1S/C25H20FNO4/c1-15-3-5-17(6-4-15)23(28)21-22(16-7-9-18(26)10-8-16)27(25(30)24(21)29)19-11-13-20(31-2)14-12-19/h3-14,22,28H,1-2H3/b23-21+. The molecule has 31 heavy (non-hydrogen) atoms. The molecule has 1 fully saturated rings. The zero-order valence-electron chi connectivity index (χ0n) is 17.0. The van der Waals surface area contributed by atoms with E-state index in [2.05, 4.69) is 0 Å². The third kappa shape index (κ3) is 3.68. The molecule has 0 aliphatic carbocycles.